The van der Waals surface area contributed by atoms with Crippen LogP contribution in [0.15, 0.2) is 53.5 Å². The molecule has 2 fully saturated rings. The Morgan fingerprint density at radius 2 is 1.87 bits per heavy atom. The van der Waals surface area contributed by atoms with E-state index in [0.717, 1.165) is 69.8 Å². The van der Waals surface area contributed by atoms with E-state index in [2.05, 4.69) is 44.8 Å². The summed E-state index contributed by atoms with van der Waals surface area (Å²) in [7, 11) is 0. The quantitative estimate of drug-likeness (QED) is 0.431. The van der Waals surface area contributed by atoms with Crippen LogP contribution in [0.5, 0.6) is 0 Å². The second-order valence-electron chi connectivity index (χ2n) is 10.7. The third-order valence-corrected chi connectivity index (χ3v) is 8.16. The van der Waals surface area contributed by atoms with E-state index < -0.39 is 5.54 Å². The predicted octanol–water partition coefficient (Wildman–Crippen LogP) is 5.84. The Morgan fingerprint density at radius 1 is 1.08 bits per heavy atom. The zero-order valence-corrected chi connectivity index (χ0v) is 22.0. The summed E-state index contributed by atoms with van der Waals surface area (Å²) >= 11 is 0. The number of halogens is 1. The molecule has 2 N–H and O–H groups in total. The Balaban J connectivity index is 1.33. The number of hydrogen-bond donors (Lipinski definition) is 2. The SMILES string of the molecule is N#CCCCNc1ccccc1CN1CCC2(CC1)C(NC1CCCCC1)=NC(=O)N2c1cccc(F)c1. The van der Waals surface area contributed by atoms with Gasteiger partial charge in [-0.1, -0.05) is 43.5 Å². The first-order chi connectivity index (χ1) is 18.6. The molecule has 3 aliphatic rings. The largest absolute Gasteiger partial charge is 0.385 e. The average molecular weight is 517 g/mol. The van der Waals surface area contributed by atoms with Crippen molar-refractivity contribution in [2.45, 2.75) is 75.9 Å². The molecule has 0 radical (unpaired) electrons. The van der Waals surface area contributed by atoms with Crippen molar-refractivity contribution in [3.63, 3.8) is 0 Å². The lowest BCUT2D eigenvalue weighted by Gasteiger charge is -2.46. The highest BCUT2D eigenvalue weighted by Gasteiger charge is 2.52. The van der Waals surface area contributed by atoms with Crippen molar-refractivity contribution in [2.75, 3.05) is 29.9 Å². The molecule has 38 heavy (non-hydrogen) atoms. The summed E-state index contributed by atoms with van der Waals surface area (Å²) in [6, 6.07) is 16.9. The van der Waals surface area contributed by atoms with Gasteiger partial charge in [-0.15, -0.1) is 0 Å². The van der Waals surface area contributed by atoms with Crippen molar-refractivity contribution in [1.82, 2.24) is 10.2 Å². The van der Waals surface area contributed by atoms with Gasteiger partial charge in [0.1, 0.15) is 17.2 Å². The number of likely N-dealkylation sites (tertiary alicyclic amines) is 1. The first-order valence-corrected chi connectivity index (χ1v) is 14.0. The van der Waals surface area contributed by atoms with Crippen LogP contribution in [-0.4, -0.2) is 48.0 Å². The third-order valence-electron chi connectivity index (χ3n) is 8.16. The lowest BCUT2D eigenvalue weighted by atomic mass is 9.83. The summed E-state index contributed by atoms with van der Waals surface area (Å²) in [5.74, 6) is 0.410. The minimum atomic E-state index is -0.589. The van der Waals surface area contributed by atoms with Crippen LogP contribution in [0.1, 0.15) is 63.4 Å². The van der Waals surface area contributed by atoms with Gasteiger partial charge < -0.3 is 10.6 Å². The van der Waals surface area contributed by atoms with Crippen molar-refractivity contribution >= 4 is 23.2 Å². The number of aliphatic imine (C=N–C) groups is 1. The summed E-state index contributed by atoms with van der Waals surface area (Å²) in [5, 5.41) is 16.0. The maximum absolute atomic E-state index is 14.2. The smallest absolute Gasteiger partial charge is 0.350 e. The molecular formula is C30H37FN6O. The minimum Gasteiger partial charge on any atom is -0.385 e. The molecule has 2 heterocycles. The number of nitriles is 1. The number of benzene rings is 2. The fraction of sp³-hybridized carbons (Fsp3) is 0.500. The topological polar surface area (TPSA) is 83.8 Å². The zero-order chi connectivity index (χ0) is 26.4. The van der Waals surface area contributed by atoms with Crippen molar-refractivity contribution in [3.05, 3.63) is 59.9 Å². The summed E-state index contributed by atoms with van der Waals surface area (Å²) < 4.78 is 14.2. The molecule has 2 amide bonds. The number of piperidine rings is 1. The molecular weight excluding hydrogens is 479 g/mol. The maximum Gasteiger partial charge on any atom is 0.350 e. The molecule has 1 saturated carbocycles. The van der Waals surface area contributed by atoms with E-state index >= 15 is 0 Å². The van der Waals surface area contributed by atoms with Gasteiger partial charge in [-0.2, -0.15) is 10.3 Å². The monoisotopic (exact) mass is 516 g/mol. The van der Waals surface area contributed by atoms with Gasteiger partial charge in [0.15, 0.2) is 0 Å². The number of rotatable bonds is 8. The molecule has 1 saturated heterocycles. The Kier molecular flexibility index (Phi) is 8.23. The Morgan fingerprint density at radius 3 is 2.63 bits per heavy atom. The van der Waals surface area contributed by atoms with Crippen LogP contribution in [-0.2, 0) is 6.54 Å². The molecule has 5 rings (SSSR count). The van der Waals surface area contributed by atoms with Crippen LogP contribution in [0.4, 0.5) is 20.6 Å². The molecule has 0 unspecified atom stereocenters. The zero-order valence-electron chi connectivity index (χ0n) is 22.0. The summed E-state index contributed by atoms with van der Waals surface area (Å²) in [5.41, 5.74) is 2.30. The molecule has 1 spiro atoms. The number of nitrogens with one attached hydrogen (secondary N) is 2. The van der Waals surface area contributed by atoms with Gasteiger partial charge in [-0.05, 0) is 61.9 Å². The standard InChI is InChI=1S/C30H37FN6O/c31-24-10-8-13-26(21-24)37-29(38)35-28(34-25-11-2-1-3-12-25)30(37)15-19-36(20-16-30)22-23-9-4-5-14-27(23)33-18-7-6-17-32/h4-5,8-10,13-14,21,25,33H,1-3,6-7,11-12,15-16,18-20,22H2,(H,34,35,38). The van der Waals surface area contributed by atoms with Crippen LogP contribution in [0.25, 0.3) is 0 Å². The average Bonchev–Trinajstić information content (AvgIpc) is 3.19. The molecule has 1 aliphatic carbocycles. The lowest BCUT2D eigenvalue weighted by molar-refractivity contribution is 0.182. The Bertz CT molecular complexity index is 1190. The highest BCUT2D eigenvalue weighted by Crippen LogP contribution is 2.39. The number of amides is 2. The van der Waals surface area contributed by atoms with Gasteiger partial charge in [-0.3, -0.25) is 9.80 Å². The number of nitrogens with zero attached hydrogens (tertiary/aromatic N) is 4. The van der Waals surface area contributed by atoms with Crippen molar-refractivity contribution < 1.29 is 9.18 Å². The van der Waals surface area contributed by atoms with E-state index in [1.165, 1.54) is 37.0 Å². The van der Waals surface area contributed by atoms with Gasteiger partial charge in [0.25, 0.3) is 0 Å². The summed E-state index contributed by atoms with van der Waals surface area (Å²) in [6.07, 6.45) is 8.64. The van der Waals surface area contributed by atoms with Crippen LogP contribution in [0.3, 0.4) is 0 Å². The molecule has 0 aromatic heterocycles. The number of unbranched alkanes of at least 4 members (excludes halogenated alkanes) is 1. The van der Waals surface area contributed by atoms with E-state index in [1.807, 2.05) is 12.1 Å². The molecule has 0 atom stereocenters. The summed E-state index contributed by atoms with van der Waals surface area (Å²) in [4.78, 5) is 22.0. The van der Waals surface area contributed by atoms with Crippen molar-refractivity contribution in [2.24, 2.45) is 4.99 Å². The van der Waals surface area contributed by atoms with E-state index in [4.69, 9.17) is 5.26 Å². The number of hydrogen-bond acceptors (Lipinski definition) is 5. The fourth-order valence-corrected chi connectivity index (χ4v) is 6.12. The second-order valence-corrected chi connectivity index (χ2v) is 10.7. The first-order valence-electron chi connectivity index (χ1n) is 14.0. The van der Waals surface area contributed by atoms with Gasteiger partial charge in [-0.25, -0.2) is 9.18 Å². The lowest BCUT2D eigenvalue weighted by Crippen LogP contribution is -2.62. The number of carbonyl (C=O) groups is 1. The molecule has 2 aromatic rings. The Labute approximate surface area is 224 Å². The van der Waals surface area contributed by atoms with E-state index in [0.29, 0.717) is 18.2 Å². The van der Waals surface area contributed by atoms with Crippen molar-refractivity contribution in [1.29, 1.82) is 5.26 Å². The van der Waals surface area contributed by atoms with Crippen LogP contribution in [0.2, 0.25) is 0 Å². The van der Waals surface area contributed by atoms with Crippen LogP contribution < -0.4 is 15.5 Å². The van der Waals surface area contributed by atoms with Crippen LogP contribution in [0, 0.1) is 17.1 Å². The van der Waals surface area contributed by atoms with E-state index in [1.54, 1.807) is 11.0 Å². The molecule has 0 bridgehead atoms. The molecule has 2 aliphatic heterocycles. The summed E-state index contributed by atoms with van der Waals surface area (Å²) in [6.45, 7) is 3.17. The van der Waals surface area contributed by atoms with Gasteiger partial charge in [0.2, 0.25) is 0 Å². The number of urea groups is 1. The number of carbonyl (C=O) groups excluding carboxylic acids is 1. The number of para-hydroxylation sites is 1. The van der Waals surface area contributed by atoms with Gasteiger partial charge >= 0.3 is 6.03 Å². The van der Waals surface area contributed by atoms with E-state index in [9.17, 15) is 9.18 Å². The normalized spacial score (nSPS) is 19.8. The highest BCUT2D eigenvalue weighted by atomic mass is 19.1. The fourth-order valence-electron chi connectivity index (χ4n) is 6.12. The van der Waals surface area contributed by atoms with Gasteiger partial charge in [0, 0.05) is 50.0 Å². The predicted molar refractivity (Wildman–Crippen MR) is 149 cm³/mol. The van der Waals surface area contributed by atoms with Crippen molar-refractivity contribution in [3.8, 4) is 6.07 Å². The highest BCUT2D eigenvalue weighted by molar-refractivity contribution is 6.16. The number of amidine groups is 1. The molecule has 8 heteroatoms. The third kappa shape index (κ3) is 5.68. The van der Waals surface area contributed by atoms with Crippen LogP contribution >= 0.6 is 0 Å². The molecule has 2 aromatic carbocycles. The van der Waals surface area contributed by atoms with Gasteiger partial charge in [0.05, 0.1) is 6.07 Å². The minimum absolute atomic E-state index is 0.311. The molecule has 7 nitrogen and oxygen atoms in total. The second kappa shape index (κ2) is 12.0. The number of anilines is 2. The molecule has 200 valence electrons. The maximum atomic E-state index is 14.2. The van der Waals surface area contributed by atoms with E-state index in [-0.39, 0.29) is 11.8 Å². The Hall–Kier alpha value is -3.44. The first kappa shape index (κ1) is 26.2.